The minimum atomic E-state index is -0.0255. The Hall–Kier alpha value is -0.0800. The van der Waals surface area contributed by atoms with Crippen molar-refractivity contribution in [2.24, 2.45) is 17.3 Å². The van der Waals surface area contributed by atoms with Crippen LogP contribution in [0.15, 0.2) is 0 Å². The first kappa shape index (κ1) is 11.0. The molecule has 1 aliphatic rings. The van der Waals surface area contributed by atoms with Crippen molar-refractivity contribution in [2.45, 2.75) is 40.9 Å². The van der Waals surface area contributed by atoms with E-state index in [0.717, 1.165) is 13.2 Å². The Kier molecular flexibility index (Phi) is 3.36. The zero-order chi connectivity index (χ0) is 10.1. The van der Waals surface area contributed by atoms with E-state index in [2.05, 4.69) is 34.6 Å². The first-order valence-electron chi connectivity index (χ1n) is 5.14. The standard InChI is InChI=1S/C11H22O2/c1-8(2)9-6-12-10(13-7-9)11(3,4)5/h8-10H,6-7H2,1-5H3. The lowest BCUT2D eigenvalue weighted by molar-refractivity contribution is -0.246. The van der Waals surface area contributed by atoms with Crippen LogP contribution in [0.4, 0.5) is 0 Å². The van der Waals surface area contributed by atoms with Gasteiger partial charge in [0.25, 0.3) is 0 Å². The molecule has 1 fully saturated rings. The number of hydrogen-bond donors (Lipinski definition) is 0. The molecule has 0 bridgehead atoms. The molecule has 0 aromatic rings. The van der Waals surface area contributed by atoms with Crippen LogP contribution in [0, 0.1) is 17.3 Å². The quantitative estimate of drug-likeness (QED) is 0.627. The van der Waals surface area contributed by atoms with Gasteiger partial charge in [-0.15, -0.1) is 0 Å². The zero-order valence-corrected chi connectivity index (χ0v) is 9.46. The summed E-state index contributed by atoms with van der Waals surface area (Å²) in [5.41, 5.74) is 0.0992. The Morgan fingerprint density at radius 3 is 1.85 bits per heavy atom. The van der Waals surface area contributed by atoms with Crippen LogP contribution in [0.5, 0.6) is 0 Å². The van der Waals surface area contributed by atoms with E-state index in [0.29, 0.717) is 11.8 Å². The lowest BCUT2D eigenvalue weighted by Crippen LogP contribution is -2.41. The highest BCUT2D eigenvalue weighted by molar-refractivity contribution is 4.73. The van der Waals surface area contributed by atoms with E-state index in [9.17, 15) is 0 Å². The molecule has 0 aromatic carbocycles. The van der Waals surface area contributed by atoms with Crippen molar-refractivity contribution in [3.8, 4) is 0 Å². The van der Waals surface area contributed by atoms with E-state index in [1.54, 1.807) is 0 Å². The van der Waals surface area contributed by atoms with E-state index < -0.39 is 0 Å². The highest BCUT2D eigenvalue weighted by Crippen LogP contribution is 2.29. The average Bonchev–Trinajstić information content (AvgIpc) is 2.03. The van der Waals surface area contributed by atoms with Crippen LogP contribution < -0.4 is 0 Å². The summed E-state index contributed by atoms with van der Waals surface area (Å²) in [5.74, 6) is 1.22. The Bertz CT molecular complexity index is 150. The molecule has 1 saturated heterocycles. The summed E-state index contributed by atoms with van der Waals surface area (Å²) in [6.07, 6.45) is -0.0255. The largest absolute Gasteiger partial charge is 0.352 e. The van der Waals surface area contributed by atoms with E-state index in [-0.39, 0.29) is 11.7 Å². The van der Waals surface area contributed by atoms with Crippen molar-refractivity contribution in [3.63, 3.8) is 0 Å². The monoisotopic (exact) mass is 186 g/mol. The minimum absolute atomic E-state index is 0.0255. The summed E-state index contributed by atoms with van der Waals surface area (Å²) < 4.78 is 11.4. The van der Waals surface area contributed by atoms with Gasteiger partial charge in [0.1, 0.15) is 0 Å². The molecular weight excluding hydrogens is 164 g/mol. The van der Waals surface area contributed by atoms with Gasteiger partial charge in [-0.05, 0) is 5.92 Å². The third-order valence-corrected chi connectivity index (χ3v) is 2.57. The van der Waals surface area contributed by atoms with Gasteiger partial charge in [-0.25, -0.2) is 0 Å². The molecule has 78 valence electrons. The first-order valence-corrected chi connectivity index (χ1v) is 5.14. The lowest BCUT2D eigenvalue weighted by atomic mass is 9.93. The second kappa shape index (κ2) is 3.97. The molecule has 0 N–H and O–H groups in total. The highest BCUT2D eigenvalue weighted by Gasteiger charge is 2.32. The predicted octanol–water partition coefficient (Wildman–Crippen LogP) is 2.68. The van der Waals surface area contributed by atoms with Crippen molar-refractivity contribution in [3.05, 3.63) is 0 Å². The Labute approximate surface area is 81.6 Å². The Balaban J connectivity index is 2.39. The van der Waals surface area contributed by atoms with Crippen LogP contribution >= 0.6 is 0 Å². The van der Waals surface area contributed by atoms with Gasteiger partial charge in [0.15, 0.2) is 6.29 Å². The summed E-state index contributed by atoms with van der Waals surface area (Å²) in [4.78, 5) is 0. The third-order valence-electron chi connectivity index (χ3n) is 2.57. The molecule has 1 rings (SSSR count). The van der Waals surface area contributed by atoms with Crippen LogP contribution in [-0.4, -0.2) is 19.5 Å². The summed E-state index contributed by atoms with van der Waals surface area (Å²) in [6, 6.07) is 0. The van der Waals surface area contributed by atoms with Crippen LogP contribution in [0.25, 0.3) is 0 Å². The number of rotatable bonds is 1. The molecule has 13 heavy (non-hydrogen) atoms. The fraction of sp³-hybridized carbons (Fsp3) is 1.00. The summed E-state index contributed by atoms with van der Waals surface area (Å²) in [7, 11) is 0. The Morgan fingerprint density at radius 2 is 1.54 bits per heavy atom. The van der Waals surface area contributed by atoms with Gasteiger partial charge in [-0.1, -0.05) is 34.6 Å². The topological polar surface area (TPSA) is 18.5 Å². The van der Waals surface area contributed by atoms with Crippen LogP contribution in [0.2, 0.25) is 0 Å². The summed E-state index contributed by atoms with van der Waals surface area (Å²) in [6.45, 7) is 12.6. The molecule has 0 unspecified atom stereocenters. The number of hydrogen-bond acceptors (Lipinski definition) is 2. The van der Waals surface area contributed by atoms with Crippen LogP contribution in [0.3, 0.4) is 0 Å². The second-order valence-corrected chi connectivity index (χ2v) is 5.37. The maximum absolute atomic E-state index is 5.69. The van der Waals surface area contributed by atoms with Crippen LogP contribution in [0.1, 0.15) is 34.6 Å². The maximum atomic E-state index is 5.69. The van der Waals surface area contributed by atoms with Gasteiger partial charge >= 0.3 is 0 Å². The Morgan fingerprint density at radius 1 is 1.08 bits per heavy atom. The van der Waals surface area contributed by atoms with E-state index in [1.165, 1.54) is 0 Å². The zero-order valence-electron chi connectivity index (χ0n) is 9.46. The average molecular weight is 186 g/mol. The maximum Gasteiger partial charge on any atom is 0.162 e. The second-order valence-electron chi connectivity index (χ2n) is 5.37. The SMILES string of the molecule is CC(C)C1COC(C(C)(C)C)OC1. The molecule has 2 heteroatoms. The van der Waals surface area contributed by atoms with E-state index in [1.807, 2.05) is 0 Å². The number of ether oxygens (including phenoxy) is 2. The lowest BCUT2D eigenvalue weighted by Gasteiger charge is -2.37. The molecule has 0 aliphatic carbocycles. The van der Waals surface area contributed by atoms with Gasteiger partial charge < -0.3 is 9.47 Å². The van der Waals surface area contributed by atoms with Crippen molar-refractivity contribution in [1.29, 1.82) is 0 Å². The predicted molar refractivity (Wildman–Crippen MR) is 53.5 cm³/mol. The van der Waals surface area contributed by atoms with E-state index in [4.69, 9.17) is 9.47 Å². The first-order chi connectivity index (χ1) is 5.91. The molecule has 0 aromatic heterocycles. The van der Waals surface area contributed by atoms with Crippen molar-refractivity contribution >= 4 is 0 Å². The molecule has 0 radical (unpaired) electrons. The van der Waals surface area contributed by atoms with Crippen LogP contribution in [-0.2, 0) is 9.47 Å². The minimum Gasteiger partial charge on any atom is -0.352 e. The molecule has 1 heterocycles. The van der Waals surface area contributed by atoms with Crippen molar-refractivity contribution in [2.75, 3.05) is 13.2 Å². The molecule has 2 nitrogen and oxygen atoms in total. The molecular formula is C11H22O2. The smallest absolute Gasteiger partial charge is 0.162 e. The van der Waals surface area contributed by atoms with E-state index >= 15 is 0 Å². The highest BCUT2D eigenvalue weighted by atomic mass is 16.7. The summed E-state index contributed by atoms with van der Waals surface area (Å²) in [5, 5.41) is 0. The van der Waals surface area contributed by atoms with Gasteiger partial charge in [0.2, 0.25) is 0 Å². The molecule has 0 atom stereocenters. The normalized spacial score (nSPS) is 30.9. The summed E-state index contributed by atoms with van der Waals surface area (Å²) >= 11 is 0. The van der Waals surface area contributed by atoms with Gasteiger partial charge in [0.05, 0.1) is 13.2 Å². The van der Waals surface area contributed by atoms with Gasteiger partial charge in [-0.2, -0.15) is 0 Å². The molecule has 0 saturated carbocycles. The van der Waals surface area contributed by atoms with Gasteiger partial charge in [-0.3, -0.25) is 0 Å². The molecule has 0 amide bonds. The van der Waals surface area contributed by atoms with Crippen molar-refractivity contribution < 1.29 is 9.47 Å². The van der Waals surface area contributed by atoms with Crippen molar-refractivity contribution in [1.82, 2.24) is 0 Å². The molecule has 1 aliphatic heterocycles. The molecule has 0 spiro atoms. The van der Waals surface area contributed by atoms with Gasteiger partial charge in [0, 0.05) is 11.3 Å². The fourth-order valence-electron chi connectivity index (χ4n) is 1.40. The third kappa shape index (κ3) is 2.96. The fourth-order valence-corrected chi connectivity index (χ4v) is 1.40.